The Morgan fingerprint density at radius 2 is 2.00 bits per heavy atom. The molecule has 0 saturated heterocycles. The zero-order valence-corrected chi connectivity index (χ0v) is 7.92. The average Bonchev–Trinajstić information content (AvgIpc) is 1.84. The second-order valence-corrected chi connectivity index (χ2v) is 3.25. The molecule has 0 heterocycles. The molecule has 12 heavy (non-hydrogen) atoms. The molecule has 0 aromatic heterocycles. The summed E-state index contributed by atoms with van der Waals surface area (Å²) in [6, 6.07) is 0. The van der Waals surface area contributed by atoms with Crippen LogP contribution in [0.25, 0.3) is 0 Å². The molecule has 0 radical (unpaired) electrons. The lowest BCUT2D eigenvalue weighted by atomic mass is 9.97. The largest absolute Gasteiger partial charge is 0.481 e. The van der Waals surface area contributed by atoms with Gasteiger partial charge >= 0.3 is 5.97 Å². The van der Waals surface area contributed by atoms with Crippen molar-refractivity contribution in [1.29, 1.82) is 0 Å². The molecule has 2 nitrogen and oxygen atoms in total. The number of aliphatic carboxylic acids is 1. The van der Waals surface area contributed by atoms with E-state index >= 15 is 0 Å². The summed E-state index contributed by atoms with van der Waals surface area (Å²) in [4.78, 5) is 10.7. The summed E-state index contributed by atoms with van der Waals surface area (Å²) in [6.45, 7) is 9.30. The molecule has 1 atom stereocenters. The summed E-state index contributed by atoms with van der Waals surface area (Å²) in [5.74, 6) is -1.22. The molecule has 0 spiro atoms. The highest BCUT2D eigenvalue weighted by molar-refractivity contribution is 5.73. The fraction of sp³-hybridized carbons (Fsp3) is 0.500. The van der Waals surface area contributed by atoms with E-state index in [2.05, 4.69) is 6.58 Å². The van der Waals surface area contributed by atoms with Crippen molar-refractivity contribution in [3.05, 3.63) is 23.8 Å². The van der Waals surface area contributed by atoms with Crippen molar-refractivity contribution in [3.8, 4) is 0 Å². The van der Waals surface area contributed by atoms with Crippen LogP contribution in [0.2, 0.25) is 0 Å². The second-order valence-electron chi connectivity index (χ2n) is 3.25. The molecule has 0 rings (SSSR count). The van der Waals surface area contributed by atoms with E-state index in [0.717, 1.165) is 5.57 Å². The van der Waals surface area contributed by atoms with Crippen molar-refractivity contribution < 1.29 is 9.90 Å². The first-order chi connectivity index (χ1) is 5.45. The Labute approximate surface area is 73.6 Å². The third kappa shape index (κ3) is 3.96. The molecular formula is C10H16O2. The minimum atomic E-state index is -0.792. The minimum absolute atomic E-state index is 0.431. The SMILES string of the molecule is C=C(C)C(CC=C(C)C)C(=O)O. The van der Waals surface area contributed by atoms with Crippen molar-refractivity contribution in [2.75, 3.05) is 0 Å². The van der Waals surface area contributed by atoms with Gasteiger partial charge in [0.05, 0.1) is 5.92 Å². The number of hydrogen-bond donors (Lipinski definition) is 1. The smallest absolute Gasteiger partial charge is 0.310 e. The van der Waals surface area contributed by atoms with Crippen LogP contribution in [0.15, 0.2) is 23.8 Å². The van der Waals surface area contributed by atoms with Gasteiger partial charge in [-0.3, -0.25) is 4.79 Å². The Hall–Kier alpha value is -1.05. The van der Waals surface area contributed by atoms with E-state index in [4.69, 9.17) is 5.11 Å². The van der Waals surface area contributed by atoms with Gasteiger partial charge in [-0.15, -0.1) is 0 Å². The summed E-state index contributed by atoms with van der Waals surface area (Å²) < 4.78 is 0. The predicted molar refractivity (Wildman–Crippen MR) is 50.0 cm³/mol. The van der Waals surface area contributed by atoms with E-state index in [1.165, 1.54) is 0 Å². The summed E-state index contributed by atoms with van der Waals surface area (Å²) in [5.41, 5.74) is 1.85. The van der Waals surface area contributed by atoms with Crippen LogP contribution >= 0.6 is 0 Å². The summed E-state index contributed by atoms with van der Waals surface area (Å²) >= 11 is 0. The van der Waals surface area contributed by atoms with Gasteiger partial charge in [-0.2, -0.15) is 0 Å². The lowest BCUT2D eigenvalue weighted by molar-refractivity contribution is -0.140. The molecule has 1 N–H and O–H groups in total. The molecule has 0 bridgehead atoms. The van der Waals surface area contributed by atoms with Gasteiger partial charge in [-0.25, -0.2) is 0 Å². The maximum atomic E-state index is 10.7. The Morgan fingerprint density at radius 3 is 2.25 bits per heavy atom. The summed E-state index contributed by atoms with van der Waals surface area (Å²) in [7, 11) is 0. The molecule has 0 aliphatic carbocycles. The maximum absolute atomic E-state index is 10.7. The van der Waals surface area contributed by atoms with Gasteiger partial charge in [0.2, 0.25) is 0 Å². The first-order valence-corrected chi connectivity index (χ1v) is 3.96. The number of carboxylic acid groups (broad SMARTS) is 1. The van der Waals surface area contributed by atoms with Crippen LogP contribution in [0.1, 0.15) is 27.2 Å². The molecule has 2 heteroatoms. The molecule has 0 fully saturated rings. The van der Waals surface area contributed by atoms with Crippen LogP contribution in [0.4, 0.5) is 0 Å². The maximum Gasteiger partial charge on any atom is 0.310 e. The fourth-order valence-electron chi connectivity index (χ4n) is 0.866. The van der Waals surface area contributed by atoms with Gasteiger partial charge < -0.3 is 5.11 Å². The standard InChI is InChI=1S/C10H16O2/c1-7(2)5-6-9(8(3)4)10(11)12/h5,9H,3,6H2,1-2,4H3,(H,11,12). The first kappa shape index (κ1) is 11.0. The van der Waals surface area contributed by atoms with Crippen LogP contribution in [0, 0.1) is 5.92 Å². The van der Waals surface area contributed by atoms with E-state index in [1.807, 2.05) is 19.9 Å². The number of carbonyl (C=O) groups is 1. The summed E-state index contributed by atoms with van der Waals surface area (Å²) in [5, 5.41) is 8.77. The van der Waals surface area contributed by atoms with Gasteiger partial charge in [-0.05, 0) is 27.2 Å². The molecule has 0 saturated carbocycles. The van der Waals surface area contributed by atoms with Crippen LogP contribution < -0.4 is 0 Å². The predicted octanol–water partition coefficient (Wildman–Crippen LogP) is 2.62. The monoisotopic (exact) mass is 168 g/mol. The summed E-state index contributed by atoms with van der Waals surface area (Å²) in [6.07, 6.45) is 2.47. The highest BCUT2D eigenvalue weighted by atomic mass is 16.4. The lowest BCUT2D eigenvalue weighted by Crippen LogP contribution is -2.13. The van der Waals surface area contributed by atoms with Gasteiger partial charge in [0.25, 0.3) is 0 Å². The van der Waals surface area contributed by atoms with E-state index < -0.39 is 11.9 Å². The van der Waals surface area contributed by atoms with E-state index in [9.17, 15) is 4.79 Å². The van der Waals surface area contributed by atoms with Crippen molar-refractivity contribution in [2.45, 2.75) is 27.2 Å². The zero-order chi connectivity index (χ0) is 9.72. The number of carboxylic acids is 1. The Balaban J connectivity index is 4.25. The quantitative estimate of drug-likeness (QED) is 0.655. The molecule has 0 aromatic rings. The zero-order valence-electron chi connectivity index (χ0n) is 7.92. The fourth-order valence-corrected chi connectivity index (χ4v) is 0.866. The molecule has 1 unspecified atom stereocenters. The number of hydrogen-bond acceptors (Lipinski definition) is 1. The topological polar surface area (TPSA) is 37.3 Å². The molecule has 0 amide bonds. The minimum Gasteiger partial charge on any atom is -0.481 e. The van der Waals surface area contributed by atoms with Gasteiger partial charge in [0.1, 0.15) is 0 Å². The van der Waals surface area contributed by atoms with Crippen LogP contribution in [-0.4, -0.2) is 11.1 Å². The van der Waals surface area contributed by atoms with Crippen LogP contribution in [0.3, 0.4) is 0 Å². The lowest BCUT2D eigenvalue weighted by Gasteiger charge is -2.08. The van der Waals surface area contributed by atoms with E-state index in [0.29, 0.717) is 12.0 Å². The highest BCUT2D eigenvalue weighted by Gasteiger charge is 2.15. The third-order valence-corrected chi connectivity index (χ3v) is 1.65. The molecule has 0 aliphatic rings. The molecule has 68 valence electrons. The second kappa shape index (κ2) is 4.75. The van der Waals surface area contributed by atoms with Crippen molar-refractivity contribution >= 4 is 5.97 Å². The van der Waals surface area contributed by atoms with Gasteiger partial charge in [0, 0.05) is 0 Å². The first-order valence-electron chi connectivity index (χ1n) is 3.96. The normalized spacial score (nSPS) is 11.9. The van der Waals surface area contributed by atoms with Gasteiger partial charge in [-0.1, -0.05) is 23.8 Å². The van der Waals surface area contributed by atoms with E-state index in [1.54, 1.807) is 6.92 Å². The Morgan fingerprint density at radius 1 is 1.50 bits per heavy atom. The number of rotatable bonds is 4. The molecule has 0 aromatic carbocycles. The van der Waals surface area contributed by atoms with Crippen LogP contribution in [0.5, 0.6) is 0 Å². The van der Waals surface area contributed by atoms with E-state index in [-0.39, 0.29) is 0 Å². The van der Waals surface area contributed by atoms with Crippen molar-refractivity contribution in [1.82, 2.24) is 0 Å². The van der Waals surface area contributed by atoms with Crippen molar-refractivity contribution in [3.63, 3.8) is 0 Å². The highest BCUT2D eigenvalue weighted by Crippen LogP contribution is 2.14. The van der Waals surface area contributed by atoms with Gasteiger partial charge in [0.15, 0.2) is 0 Å². The third-order valence-electron chi connectivity index (χ3n) is 1.65. The van der Waals surface area contributed by atoms with Crippen molar-refractivity contribution in [2.24, 2.45) is 5.92 Å². The average molecular weight is 168 g/mol. The number of allylic oxidation sites excluding steroid dienone is 2. The van der Waals surface area contributed by atoms with Crippen LogP contribution in [-0.2, 0) is 4.79 Å². The Bertz CT molecular complexity index is 196. The molecular weight excluding hydrogens is 152 g/mol. The molecule has 0 aliphatic heterocycles. The Kier molecular flexibility index (Phi) is 4.34.